The normalized spacial score (nSPS) is 11.3. The van der Waals surface area contributed by atoms with Gasteiger partial charge in [-0.15, -0.1) is 0 Å². The molecule has 6 heteroatoms. The van der Waals surface area contributed by atoms with Crippen molar-refractivity contribution in [3.63, 3.8) is 0 Å². The largest absolute Gasteiger partial charge is 0.310 e. The molecule has 4 heterocycles. The monoisotopic (exact) mass is 900 g/mol. The zero-order valence-electron chi connectivity index (χ0n) is 38.9. The molecule has 0 bridgehead atoms. The number of fused-ring (bicyclic) bond motifs is 2. The maximum Gasteiger partial charge on any atom is 0.137 e. The zero-order valence-corrected chi connectivity index (χ0v) is 38.9. The smallest absolute Gasteiger partial charge is 0.137 e. The van der Waals surface area contributed by atoms with Gasteiger partial charge in [0.2, 0.25) is 0 Å². The van der Waals surface area contributed by atoms with Crippen LogP contribution >= 0.6 is 0 Å². The second-order valence-corrected chi connectivity index (χ2v) is 17.8. The Morgan fingerprint density at radius 2 is 0.643 bits per heavy atom. The van der Waals surface area contributed by atoms with Crippen LogP contribution in [-0.4, -0.2) is 18.8 Å². The lowest BCUT2D eigenvalue weighted by Gasteiger charge is -2.26. The van der Waals surface area contributed by atoms with E-state index in [0.29, 0.717) is 0 Å². The molecule has 6 nitrogen and oxygen atoms in total. The first-order valence-corrected chi connectivity index (χ1v) is 23.7. The van der Waals surface area contributed by atoms with Crippen molar-refractivity contribution in [2.24, 2.45) is 0 Å². The van der Waals surface area contributed by atoms with E-state index in [2.05, 4.69) is 275 Å². The van der Waals surface area contributed by atoms with E-state index >= 15 is 0 Å². The molecular weight excluding hydrogens is 853 g/mol. The quantitative estimate of drug-likeness (QED) is 0.130. The minimum atomic E-state index is 0.914. The molecule has 0 atom stereocenters. The van der Waals surface area contributed by atoms with E-state index in [1.165, 1.54) is 11.1 Å². The van der Waals surface area contributed by atoms with Crippen molar-refractivity contribution in [3.05, 3.63) is 266 Å². The fourth-order valence-electron chi connectivity index (χ4n) is 9.77. The Kier molecular flexibility index (Phi) is 10.9. The van der Waals surface area contributed by atoms with E-state index in [9.17, 15) is 0 Å². The van der Waals surface area contributed by atoms with Crippen molar-refractivity contribution in [3.8, 4) is 56.2 Å². The van der Waals surface area contributed by atoms with E-state index < -0.39 is 0 Å². The number of pyridine rings is 2. The highest BCUT2D eigenvalue weighted by atomic mass is 15.1. The van der Waals surface area contributed by atoms with Gasteiger partial charge in [0.05, 0.1) is 22.8 Å². The summed E-state index contributed by atoms with van der Waals surface area (Å²) < 4.78 is 4.39. The molecular formula is C64H48N6. The van der Waals surface area contributed by atoms with Crippen molar-refractivity contribution < 1.29 is 0 Å². The molecule has 0 aliphatic rings. The van der Waals surface area contributed by atoms with Crippen LogP contribution in [0.25, 0.3) is 67.5 Å². The molecule has 12 rings (SSSR count). The molecule has 0 spiro atoms. The Balaban J connectivity index is 0.880. The van der Waals surface area contributed by atoms with Crippen LogP contribution in [0.15, 0.2) is 255 Å². The number of para-hydroxylation sites is 2. The van der Waals surface area contributed by atoms with Crippen molar-refractivity contribution in [2.75, 3.05) is 9.80 Å². The minimum Gasteiger partial charge on any atom is -0.310 e. The number of hydrogen-bond acceptors (Lipinski definition) is 4. The summed E-state index contributed by atoms with van der Waals surface area (Å²) in [5, 5.41) is 0. The highest BCUT2D eigenvalue weighted by molar-refractivity contribution is 5.88. The highest BCUT2D eigenvalue weighted by Crippen LogP contribution is 2.42. The van der Waals surface area contributed by atoms with Crippen LogP contribution in [0.1, 0.15) is 11.1 Å². The third kappa shape index (κ3) is 7.97. The first-order valence-electron chi connectivity index (χ1n) is 23.7. The van der Waals surface area contributed by atoms with Crippen molar-refractivity contribution in [2.45, 2.75) is 13.8 Å². The molecule has 0 radical (unpaired) electrons. The van der Waals surface area contributed by atoms with Crippen LogP contribution in [-0.2, 0) is 0 Å². The third-order valence-corrected chi connectivity index (χ3v) is 13.0. The summed E-state index contributed by atoms with van der Waals surface area (Å²) in [6.45, 7) is 4.27. The molecule has 0 N–H and O–H groups in total. The standard InChI is InChI=1S/C64H48N6/c1-45-17-13-21-51(41-45)63-61(65-59-29-9-11-39-67(59)63)49-19-15-27-57(43-49)69(53-23-5-3-6-24-53)55-35-31-47(32-36-55)48-33-37-56(38-34-48)70(54-25-7-4-8-26-54)58-28-16-20-50(44-58)62-64(52-22-14-18-46(2)42-52)68-40-12-10-30-60(68)66-62/h3-44H,1-2H3. The number of rotatable bonds is 11. The predicted octanol–water partition coefficient (Wildman–Crippen LogP) is 16.9. The van der Waals surface area contributed by atoms with E-state index in [-0.39, 0.29) is 0 Å². The number of hydrogen-bond donors (Lipinski definition) is 0. The van der Waals surface area contributed by atoms with Gasteiger partial charge in [-0.2, -0.15) is 0 Å². The Labute approximate surface area is 408 Å². The molecule has 70 heavy (non-hydrogen) atoms. The summed E-state index contributed by atoms with van der Waals surface area (Å²) in [4.78, 5) is 15.1. The van der Waals surface area contributed by atoms with Crippen LogP contribution < -0.4 is 9.80 Å². The van der Waals surface area contributed by atoms with Crippen molar-refractivity contribution in [1.82, 2.24) is 18.8 Å². The summed E-state index contributed by atoms with van der Waals surface area (Å²) >= 11 is 0. The lowest BCUT2D eigenvalue weighted by atomic mass is 10.0. The van der Waals surface area contributed by atoms with E-state index in [1.54, 1.807) is 0 Å². The van der Waals surface area contributed by atoms with Gasteiger partial charge in [-0.3, -0.25) is 8.80 Å². The van der Waals surface area contributed by atoms with E-state index in [4.69, 9.17) is 9.97 Å². The van der Waals surface area contributed by atoms with Crippen LogP contribution in [0, 0.1) is 13.8 Å². The summed E-state index contributed by atoms with van der Waals surface area (Å²) in [5.41, 5.74) is 21.3. The van der Waals surface area contributed by atoms with Crippen molar-refractivity contribution in [1.29, 1.82) is 0 Å². The topological polar surface area (TPSA) is 41.1 Å². The molecule has 0 aliphatic heterocycles. The van der Waals surface area contributed by atoms with Crippen LogP contribution in [0.3, 0.4) is 0 Å². The number of imidazole rings is 2. The van der Waals surface area contributed by atoms with Crippen molar-refractivity contribution >= 4 is 45.4 Å². The van der Waals surface area contributed by atoms with Gasteiger partial charge in [-0.1, -0.05) is 145 Å². The minimum absolute atomic E-state index is 0.914. The van der Waals surface area contributed by atoms with Gasteiger partial charge in [0, 0.05) is 68.8 Å². The maximum absolute atomic E-state index is 5.21. The zero-order chi connectivity index (χ0) is 47.0. The number of aryl methyl sites for hydroxylation is 2. The average Bonchev–Trinajstić information content (AvgIpc) is 4.00. The number of benzene rings is 8. The molecule has 12 aromatic rings. The number of aromatic nitrogens is 4. The summed E-state index contributed by atoms with van der Waals surface area (Å²) in [6, 6.07) is 86.1. The van der Waals surface area contributed by atoms with Gasteiger partial charge in [0.15, 0.2) is 0 Å². The molecule has 0 saturated heterocycles. The Hall–Kier alpha value is -9.26. The second kappa shape index (κ2) is 18.1. The van der Waals surface area contributed by atoms with Gasteiger partial charge < -0.3 is 9.80 Å². The first-order chi connectivity index (χ1) is 34.5. The summed E-state index contributed by atoms with van der Waals surface area (Å²) in [6.07, 6.45) is 4.20. The lowest BCUT2D eigenvalue weighted by molar-refractivity contribution is 1.19. The third-order valence-electron chi connectivity index (χ3n) is 13.0. The first kappa shape index (κ1) is 42.1. The highest BCUT2D eigenvalue weighted by Gasteiger charge is 2.21. The Morgan fingerprint density at radius 1 is 0.286 bits per heavy atom. The van der Waals surface area contributed by atoms with E-state index in [1.807, 2.05) is 12.1 Å². The predicted molar refractivity (Wildman–Crippen MR) is 290 cm³/mol. The lowest BCUT2D eigenvalue weighted by Crippen LogP contribution is -2.10. The number of anilines is 6. The Bertz CT molecular complexity index is 3540. The molecule has 0 amide bonds. The molecule has 0 saturated carbocycles. The maximum atomic E-state index is 5.21. The molecule has 4 aromatic heterocycles. The molecule has 0 unspecified atom stereocenters. The van der Waals surface area contributed by atoms with E-state index in [0.717, 1.165) is 102 Å². The van der Waals surface area contributed by atoms with Crippen LogP contribution in [0.2, 0.25) is 0 Å². The molecule has 334 valence electrons. The fourth-order valence-corrected chi connectivity index (χ4v) is 9.77. The second-order valence-electron chi connectivity index (χ2n) is 17.8. The van der Waals surface area contributed by atoms with Gasteiger partial charge in [-0.25, -0.2) is 9.97 Å². The summed E-state index contributed by atoms with van der Waals surface area (Å²) in [7, 11) is 0. The SMILES string of the molecule is Cc1cccc(-c2c(-c3cccc(N(c4ccccc4)c4ccc(-c5ccc(N(c6ccccc6)c6cccc(-c7nc8ccccn8c7-c7cccc(C)c7)c6)cc5)cc4)c3)nc3ccccn23)c1. The van der Waals surface area contributed by atoms with Gasteiger partial charge in [0.1, 0.15) is 11.3 Å². The number of nitrogens with zero attached hydrogens (tertiary/aromatic N) is 6. The van der Waals surface area contributed by atoms with Gasteiger partial charge in [0.25, 0.3) is 0 Å². The summed E-state index contributed by atoms with van der Waals surface area (Å²) in [5.74, 6) is 0. The van der Waals surface area contributed by atoms with Gasteiger partial charge in [-0.05, 0) is 134 Å². The molecule has 0 aliphatic carbocycles. The van der Waals surface area contributed by atoms with Crippen LogP contribution in [0.5, 0.6) is 0 Å². The Morgan fingerprint density at radius 3 is 1.06 bits per heavy atom. The molecule has 8 aromatic carbocycles. The average molecular weight is 901 g/mol. The van der Waals surface area contributed by atoms with Crippen LogP contribution in [0.4, 0.5) is 34.1 Å². The molecule has 0 fully saturated rings. The van der Waals surface area contributed by atoms with Gasteiger partial charge >= 0.3 is 0 Å². The fraction of sp³-hybridized carbons (Fsp3) is 0.0312.